The summed E-state index contributed by atoms with van der Waals surface area (Å²) in [6, 6.07) is 13.2. The SMILES string of the molecule is CCCN(CC(=O)N1CCn2cccc2[C@H]1c1ccccc1F)C(=O)c1ccc(C(F)(F)F)cc1. The van der Waals surface area contributed by atoms with Gasteiger partial charge >= 0.3 is 6.18 Å². The van der Waals surface area contributed by atoms with E-state index < -0.39 is 29.5 Å². The Balaban J connectivity index is 1.59. The molecule has 0 fully saturated rings. The van der Waals surface area contributed by atoms with Crippen LogP contribution in [0.1, 0.15) is 46.6 Å². The van der Waals surface area contributed by atoms with Gasteiger partial charge < -0.3 is 14.4 Å². The first-order chi connectivity index (χ1) is 16.7. The minimum Gasteiger partial charge on any atom is -0.348 e. The normalized spacial score (nSPS) is 15.6. The number of alkyl halides is 3. The van der Waals surface area contributed by atoms with Crippen LogP contribution in [0.4, 0.5) is 17.6 Å². The number of rotatable bonds is 6. The Morgan fingerprint density at radius 1 is 1.00 bits per heavy atom. The van der Waals surface area contributed by atoms with Crippen LogP contribution in [0.3, 0.4) is 0 Å². The van der Waals surface area contributed by atoms with Crippen LogP contribution < -0.4 is 0 Å². The molecule has 1 aromatic heterocycles. The summed E-state index contributed by atoms with van der Waals surface area (Å²) in [6.45, 7) is 2.68. The highest BCUT2D eigenvalue weighted by Gasteiger charge is 2.35. The number of halogens is 4. The average molecular weight is 487 g/mol. The van der Waals surface area contributed by atoms with Crippen LogP contribution in [-0.4, -0.2) is 45.8 Å². The quantitative estimate of drug-likeness (QED) is 0.453. The first-order valence-electron chi connectivity index (χ1n) is 11.4. The largest absolute Gasteiger partial charge is 0.416 e. The summed E-state index contributed by atoms with van der Waals surface area (Å²) in [5.41, 5.74) is 0.344. The molecule has 0 spiro atoms. The predicted molar refractivity (Wildman–Crippen MR) is 122 cm³/mol. The molecule has 0 radical (unpaired) electrons. The molecule has 0 saturated heterocycles. The van der Waals surface area contributed by atoms with Gasteiger partial charge in [0.05, 0.1) is 5.56 Å². The van der Waals surface area contributed by atoms with Crippen molar-refractivity contribution in [3.8, 4) is 0 Å². The molecular formula is C26H25F4N3O2. The van der Waals surface area contributed by atoms with Crippen molar-refractivity contribution in [1.29, 1.82) is 0 Å². The summed E-state index contributed by atoms with van der Waals surface area (Å²) >= 11 is 0. The molecule has 0 unspecified atom stereocenters. The summed E-state index contributed by atoms with van der Waals surface area (Å²) in [6.07, 6.45) is -2.07. The number of amides is 2. The lowest BCUT2D eigenvalue weighted by Crippen LogP contribution is -2.48. The van der Waals surface area contributed by atoms with Crippen LogP contribution in [-0.2, 0) is 17.5 Å². The van der Waals surface area contributed by atoms with Gasteiger partial charge in [-0.3, -0.25) is 9.59 Å². The summed E-state index contributed by atoms with van der Waals surface area (Å²) in [5, 5.41) is 0. The highest BCUT2D eigenvalue weighted by molar-refractivity contribution is 5.96. The maximum absolute atomic E-state index is 14.8. The second kappa shape index (κ2) is 9.93. The molecule has 4 rings (SSSR count). The van der Waals surface area contributed by atoms with Crippen LogP contribution in [0.25, 0.3) is 0 Å². The number of hydrogen-bond acceptors (Lipinski definition) is 2. The van der Waals surface area contributed by atoms with Crippen molar-refractivity contribution >= 4 is 11.8 Å². The first-order valence-corrected chi connectivity index (χ1v) is 11.4. The van der Waals surface area contributed by atoms with Crippen molar-refractivity contribution in [2.45, 2.75) is 32.1 Å². The minimum atomic E-state index is -4.51. The summed E-state index contributed by atoms with van der Waals surface area (Å²) < 4.78 is 55.4. The molecule has 184 valence electrons. The number of carbonyl (C=O) groups is 2. The molecule has 0 bridgehead atoms. The van der Waals surface area contributed by atoms with Gasteiger partial charge in [-0.2, -0.15) is 13.2 Å². The van der Waals surface area contributed by atoms with Gasteiger partial charge in [-0.05, 0) is 48.9 Å². The third kappa shape index (κ3) is 5.08. The van der Waals surface area contributed by atoms with Gasteiger partial charge in [-0.15, -0.1) is 0 Å². The topological polar surface area (TPSA) is 45.6 Å². The second-order valence-corrected chi connectivity index (χ2v) is 8.44. The van der Waals surface area contributed by atoms with Gasteiger partial charge in [0.15, 0.2) is 0 Å². The minimum absolute atomic E-state index is 0.0671. The van der Waals surface area contributed by atoms with Crippen LogP contribution >= 0.6 is 0 Å². The molecule has 2 heterocycles. The first kappa shape index (κ1) is 24.5. The zero-order valence-corrected chi connectivity index (χ0v) is 19.1. The summed E-state index contributed by atoms with van der Waals surface area (Å²) in [5.74, 6) is -1.33. The molecule has 0 saturated carbocycles. The van der Waals surface area contributed by atoms with E-state index in [4.69, 9.17) is 0 Å². The fourth-order valence-corrected chi connectivity index (χ4v) is 4.44. The van der Waals surface area contributed by atoms with E-state index in [1.54, 1.807) is 23.1 Å². The van der Waals surface area contributed by atoms with Crippen molar-refractivity contribution in [1.82, 2.24) is 14.4 Å². The number of nitrogens with zero attached hydrogens (tertiary/aromatic N) is 3. The molecule has 1 atom stereocenters. The highest BCUT2D eigenvalue weighted by Crippen LogP contribution is 2.34. The van der Waals surface area contributed by atoms with Crippen molar-refractivity contribution < 1.29 is 27.2 Å². The van der Waals surface area contributed by atoms with Gasteiger partial charge in [0, 0.05) is 42.7 Å². The van der Waals surface area contributed by atoms with Crippen LogP contribution in [0.2, 0.25) is 0 Å². The van der Waals surface area contributed by atoms with E-state index in [0.29, 0.717) is 25.1 Å². The van der Waals surface area contributed by atoms with E-state index >= 15 is 0 Å². The lowest BCUT2D eigenvalue weighted by molar-refractivity contribution is -0.137. The van der Waals surface area contributed by atoms with Crippen molar-refractivity contribution in [3.05, 3.63) is 95.1 Å². The summed E-state index contributed by atoms with van der Waals surface area (Å²) in [7, 11) is 0. The number of carbonyl (C=O) groups excluding carboxylic acids is 2. The maximum Gasteiger partial charge on any atom is 0.416 e. The second-order valence-electron chi connectivity index (χ2n) is 8.44. The number of hydrogen-bond donors (Lipinski definition) is 0. The Labute approximate surface area is 200 Å². The smallest absolute Gasteiger partial charge is 0.348 e. The molecule has 0 aliphatic carbocycles. The number of benzene rings is 2. The molecule has 35 heavy (non-hydrogen) atoms. The lowest BCUT2D eigenvalue weighted by atomic mass is 9.99. The van der Waals surface area contributed by atoms with Crippen LogP contribution in [0.15, 0.2) is 66.9 Å². The molecule has 3 aromatic rings. The fraction of sp³-hybridized carbons (Fsp3) is 0.308. The van der Waals surface area contributed by atoms with E-state index in [-0.39, 0.29) is 24.6 Å². The summed E-state index contributed by atoms with van der Waals surface area (Å²) in [4.78, 5) is 29.5. The van der Waals surface area contributed by atoms with Gasteiger partial charge in [0.1, 0.15) is 18.4 Å². The van der Waals surface area contributed by atoms with Crippen molar-refractivity contribution in [2.24, 2.45) is 0 Å². The third-order valence-electron chi connectivity index (χ3n) is 6.12. The Kier molecular flexibility index (Phi) is 6.95. The average Bonchev–Trinajstić information content (AvgIpc) is 3.32. The van der Waals surface area contributed by atoms with Crippen LogP contribution in [0.5, 0.6) is 0 Å². The third-order valence-corrected chi connectivity index (χ3v) is 6.12. The highest BCUT2D eigenvalue weighted by atomic mass is 19.4. The van der Waals surface area contributed by atoms with E-state index in [1.165, 1.54) is 11.0 Å². The number of aromatic nitrogens is 1. The molecule has 2 aromatic carbocycles. The molecular weight excluding hydrogens is 462 g/mol. The Morgan fingerprint density at radius 3 is 2.37 bits per heavy atom. The van der Waals surface area contributed by atoms with E-state index in [0.717, 1.165) is 30.0 Å². The molecule has 2 amide bonds. The molecule has 1 aliphatic rings. The molecule has 0 N–H and O–H groups in total. The monoisotopic (exact) mass is 487 g/mol. The van der Waals surface area contributed by atoms with Gasteiger partial charge in [0.25, 0.3) is 5.91 Å². The number of fused-ring (bicyclic) bond motifs is 1. The fourth-order valence-electron chi connectivity index (χ4n) is 4.44. The van der Waals surface area contributed by atoms with Gasteiger partial charge in [-0.25, -0.2) is 4.39 Å². The standard InChI is InChI=1S/C26H25F4N3O2/c1-2-13-32(25(35)18-9-11-19(12-10-18)26(28,29)30)17-23(34)33-16-15-31-14-5-8-22(31)24(33)20-6-3-4-7-21(20)27/h3-12,14,24H,2,13,15-17H2,1H3/t24-/m1/s1. The zero-order valence-electron chi connectivity index (χ0n) is 19.1. The van der Waals surface area contributed by atoms with E-state index in [1.807, 2.05) is 29.8 Å². The van der Waals surface area contributed by atoms with Crippen LogP contribution in [0, 0.1) is 5.82 Å². The molecule has 9 heteroatoms. The van der Waals surface area contributed by atoms with E-state index in [2.05, 4.69) is 0 Å². The molecule has 1 aliphatic heterocycles. The Bertz CT molecular complexity index is 1200. The van der Waals surface area contributed by atoms with Crippen molar-refractivity contribution in [2.75, 3.05) is 19.6 Å². The lowest BCUT2D eigenvalue weighted by Gasteiger charge is -2.38. The maximum atomic E-state index is 14.8. The molecule has 5 nitrogen and oxygen atoms in total. The Morgan fingerprint density at radius 2 is 1.71 bits per heavy atom. The van der Waals surface area contributed by atoms with Gasteiger partial charge in [-0.1, -0.05) is 25.1 Å². The predicted octanol–water partition coefficient (Wildman–Crippen LogP) is 5.13. The van der Waals surface area contributed by atoms with E-state index in [9.17, 15) is 27.2 Å². The Hall–Kier alpha value is -3.62. The van der Waals surface area contributed by atoms with Gasteiger partial charge in [0.2, 0.25) is 5.91 Å². The zero-order chi connectivity index (χ0) is 25.2. The van der Waals surface area contributed by atoms with Crippen molar-refractivity contribution in [3.63, 3.8) is 0 Å².